The van der Waals surface area contributed by atoms with Crippen LogP contribution >= 0.6 is 0 Å². The Morgan fingerprint density at radius 1 is 1.07 bits per heavy atom. The first-order valence-electron chi connectivity index (χ1n) is 8.15. The first kappa shape index (κ1) is 19.6. The SMILES string of the molecule is Cc1cc(C#N)cc(C)c1Cc1cc(C#N)c(O)c(C(=O)CCC(=O)O)n1. The van der Waals surface area contributed by atoms with E-state index < -0.39 is 17.5 Å². The predicted octanol–water partition coefficient (Wildman–Crippen LogP) is 2.79. The molecule has 2 aromatic rings. The van der Waals surface area contributed by atoms with Crippen LogP contribution < -0.4 is 0 Å². The lowest BCUT2D eigenvalue weighted by molar-refractivity contribution is -0.136. The Morgan fingerprint density at radius 2 is 1.70 bits per heavy atom. The number of benzene rings is 1. The number of aryl methyl sites for hydroxylation is 2. The Labute approximate surface area is 156 Å². The summed E-state index contributed by atoms with van der Waals surface area (Å²) < 4.78 is 0. The third-order valence-corrected chi connectivity index (χ3v) is 4.18. The van der Waals surface area contributed by atoms with Gasteiger partial charge in [0.1, 0.15) is 11.8 Å². The number of hydrogen-bond donors (Lipinski definition) is 2. The molecule has 0 amide bonds. The van der Waals surface area contributed by atoms with Crippen molar-refractivity contribution in [2.45, 2.75) is 33.1 Å². The fourth-order valence-electron chi connectivity index (χ4n) is 2.82. The van der Waals surface area contributed by atoms with Crippen molar-refractivity contribution >= 4 is 11.8 Å². The lowest BCUT2D eigenvalue weighted by Gasteiger charge is -2.12. The maximum atomic E-state index is 12.2. The zero-order valence-corrected chi connectivity index (χ0v) is 14.9. The molecule has 0 aliphatic carbocycles. The van der Waals surface area contributed by atoms with E-state index in [-0.39, 0.29) is 24.1 Å². The molecule has 7 heteroatoms. The largest absolute Gasteiger partial charge is 0.504 e. The molecule has 0 spiro atoms. The molecule has 7 nitrogen and oxygen atoms in total. The zero-order valence-electron chi connectivity index (χ0n) is 14.9. The number of nitriles is 2. The minimum Gasteiger partial charge on any atom is -0.504 e. The van der Waals surface area contributed by atoms with Gasteiger partial charge in [0.25, 0.3) is 0 Å². The van der Waals surface area contributed by atoms with Gasteiger partial charge in [0.2, 0.25) is 0 Å². The number of carbonyl (C=O) groups is 2. The second-order valence-corrected chi connectivity index (χ2v) is 6.16. The average molecular weight is 363 g/mol. The number of rotatable bonds is 6. The van der Waals surface area contributed by atoms with Gasteiger partial charge in [-0.05, 0) is 48.7 Å². The van der Waals surface area contributed by atoms with E-state index in [0.29, 0.717) is 17.7 Å². The van der Waals surface area contributed by atoms with Crippen LogP contribution in [-0.2, 0) is 11.2 Å². The van der Waals surface area contributed by atoms with Gasteiger partial charge < -0.3 is 10.2 Å². The van der Waals surface area contributed by atoms with Crippen LogP contribution in [0.15, 0.2) is 18.2 Å². The second-order valence-electron chi connectivity index (χ2n) is 6.16. The van der Waals surface area contributed by atoms with Crippen molar-refractivity contribution in [2.75, 3.05) is 0 Å². The van der Waals surface area contributed by atoms with Crippen molar-refractivity contribution in [3.05, 3.63) is 57.4 Å². The molecule has 0 bridgehead atoms. The molecule has 27 heavy (non-hydrogen) atoms. The molecular formula is C20H17N3O4. The molecular weight excluding hydrogens is 346 g/mol. The first-order chi connectivity index (χ1) is 12.8. The number of nitrogens with zero attached hydrogens (tertiary/aromatic N) is 3. The lowest BCUT2D eigenvalue weighted by Crippen LogP contribution is -2.09. The smallest absolute Gasteiger partial charge is 0.303 e. The van der Waals surface area contributed by atoms with Crippen LogP contribution in [-0.4, -0.2) is 26.9 Å². The summed E-state index contributed by atoms with van der Waals surface area (Å²) >= 11 is 0. The molecule has 0 aliphatic rings. The van der Waals surface area contributed by atoms with E-state index in [4.69, 9.17) is 10.4 Å². The number of pyridine rings is 1. The molecule has 2 rings (SSSR count). The second kappa shape index (κ2) is 8.11. The Bertz CT molecular complexity index is 990. The molecule has 0 radical (unpaired) electrons. The van der Waals surface area contributed by atoms with Crippen molar-refractivity contribution in [2.24, 2.45) is 0 Å². The van der Waals surface area contributed by atoms with Crippen LogP contribution in [0.1, 0.15) is 56.8 Å². The van der Waals surface area contributed by atoms with Crippen molar-refractivity contribution in [1.29, 1.82) is 10.5 Å². The average Bonchev–Trinajstić information content (AvgIpc) is 2.63. The summed E-state index contributed by atoms with van der Waals surface area (Å²) in [5, 5.41) is 37.1. The number of ketones is 1. The topological polar surface area (TPSA) is 135 Å². The summed E-state index contributed by atoms with van der Waals surface area (Å²) in [7, 11) is 0. The van der Waals surface area contributed by atoms with Gasteiger partial charge in [-0.2, -0.15) is 10.5 Å². The highest BCUT2D eigenvalue weighted by Crippen LogP contribution is 2.26. The normalized spacial score (nSPS) is 10.1. The molecule has 0 unspecified atom stereocenters. The Kier molecular flexibility index (Phi) is 5.89. The van der Waals surface area contributed by atoms with Crippen LogP contribution in [0.2, 0.25) is 0 Å². The van der Waals surface area contributed by atoms with E-state index >= 15 is 0 Å². The molecule has 0 saturated carbocycles. The van der Waals surface area contributed by atoms with Crippen molar-refractivity contribution in [1.82, 2.24) is 4.98 Å². The van der Waals surface area contributed by atoms with E-state index in [1.54, 1.807) is 12.1 Å². The lowest BCUT2D eigenvalue weighted by atomic mass is 9.95. The highest BCUT2D eigenvalue weighted by molar-refractivity contribution is 5.98. The summed E-state index contributed by atoms with van der Waals surface area (Å²) in [4.78, 5) is 27.1. The van der Waals surface area contributed by atoms with Crippen LogP contribution in [0.5, 0.6) is 5.75 Å². The van der Waals surface area contributed by atoms with Gasteiger partial charge in [0, 0.05) is 18.5 Å². The Balaban J connectivity index is 2.46. The molecule has 2 N–H and O–H groups in total. The minimum atomic E-state index is -1.14. The Hall–Kier alpha value is -3.71. The molecule has 0 fully saturated rings. The van der Waals surface area contributed by atoms with Crippen molar-refractivity contribution in [3.63, 3.8) is 0 Å². The first-order valence-corrected chi connectivity index (χ1v) is 8.15. The molecule has 136 valence electrons. The summed E-state index contributed by atoms with van der Waals surface area (Å²) in [5.41, 5.74) is 3.20. The van der Waals surface area contributed by atoms with Crippen LogP contribution in [0.25, 0.3) is 0 Å². The standard InChI is InChI=1S/C20H17N3O4/c1-11-5-13(9-21)6-12(2)16(11)8-15-7-14(10-22)20(27)19(23-15)17(24)3-4-18(25)26/h5-7,27H,3-4,8H2,1-2H3,(H,25,26). The number of hydrogen-bond acceptors (Lipinski definition) is 6. The molecule has 0 saturated heterocycles. The molecule has 0 aliphatic heterocycles. The summed E-state index contributed by atoms with van der Waals surface area (Å²) in [6.07, 6.45) is -0.406. The third-order valence-electron chi connectivity index (χ3n) is 4.18. The number of aliphatic carboxylic acids is 1. The Morgan fingerprint density at radius 3 is 2.22 bits per heavy atom. The van der Waals surface area contributed by atoms with E-state index in [0.717, 1.165) is 16.7 Å². The van der Waals surface area contributed by atoms with Gasteiger partial charge in [-0.15, -0.1) is 0 Å². The summed E-state index contributed by atoms with van der Waals surface area (Å²) in [6.45, 7) is 3.71. The van der Waals surface area contributed by atoms with Gasteiger partial charge in [-0.3, -0.25) is 9.59 Å². The molecule has 1 aromatic carbocycles. The van der Waals surface area contributed by atoms with Gasteiger partial charge >= 0.3 is 5.97 Å². The van der Waals surface area contributed by atoms with Crippen molar-refractivity contribution in [3.8, 4) is 17.9 Å². The maximum absolute atomic E-state index is 12.2. The highest BCUT2D eigenvalue weighted by Gasteiger charge is 2.20. The summed E-state index contributed by atoms with van der Waals surface area (Å²) in [5.74, 6) is -2.31. The van der Waals surface area contributed by atoms with E-state index in [9.17, 15) is 20.0 Å². The zero-order chi connectivity index (χ0) is 20.1. The quantitative estimate of drug-likeness (QED) is 0.753. The van der Waals surface area contributed by atoms with Gasteiger partial charge in [-0.25, -0.2) is 4.98 Å². The van der Waals surface area contributed by atoms with Crippen LogP contribution in [0.4, 0.5) is 0 Å². The minimum absolute atomic E-state index is 0.0948. The van der Waals surface area contributed by atoms with Crippen LogP contribution in [0.3, 0.4) is 0 Å². The van der Waals surface area contributed by atoms with Crippen molar-refractivity contribution < 1.29 is 19.8 Å². The number of carbonyl (C=O) groups excluding carboxylic acids is 1. The number of carboxylic acids is 1. The van der Waals surface area contributed by atoms with Gasteiger partial charge in [0.15, 0.2) is 11.5 Å². The highest BCUT2D eigenvalue weighted by atomic mass is 16.4. The van der Waals surface area contributed by atoms with Gasteiger partial charge in [-0.1, -0.05) is 0 Å². The van der Waals surface area contributed by atoms with Gasteiger partial charge in [0.05, 0.1) is 23.6 Å². The van der Waals surface area contributed by atoms with E-state index in [1.807, 2.05) is 19.9 Å². The molecule has 0 atom stereocenters. The summed E-state index contributed by atoms with van der Waals surface area (Å²) in [6, 6.07) is 8.80. The van der Waals surface area contributed by atoms with E-state index in [2.05, 4.69) is 11.1 Å². The number of aromatic nitrogens is 1. The van der Waals surface area contributed by atoms with Crippen LogP contribution in [0, 0.1) is 36.5 Å². The fraction of sp³-hybridized carbons (Fsp3) is 0.250. The number of aromatic hydroxyl groups is 1. The predicted molar refractivity (Wildman–Crippen MR) is 95.3 cm³/mol. The number of Topliss-reactive ketones (excluding diaryl/α,β-unsaturated/α-hetero) is 1. The number of carboxylic acid groups (broad SMARTS) is 1. The monoisotopic (exact) mass is 363 g/mol. The molecule has 1 heterocycles. The molecule has 1 aromatic heterocycles. The maximum Gasteiger partial charge on any atom is 0.303 e. The third kappa shape index (κ3) is 4.47. The van der Waals surface area contributed by atoms with E-state index in [1.165, 1.54) is 6.07 Å². The fourth-order valence-corrected chi connectivity index (χ4v) is 2.82.